The van der Waals surface area contributed by atoms with E-state index in [1.54, 1.807) is 0 Å². The van der Waals surface area contributed by atoms with Crippen LogP contribution in [0.25, 0.3) is 22.6 Å². The average Bonchev–Trinajstić information content (AvgIpc) is 3.48. The van der Waals surface area contributed by atoms with Gasteiger partial charge >= 0.3 is 0 Å². The molecule has 2 aromatic heterocycles. The van der Waals surface area contributed by atoms with E-state index in [0.717, 1.165) is 74.2 Å². The Kier molecular flexibility index (Phi) is 6.76. The van der Waals surface area contributed by atoms with E-state index < -0.39 is 0 Å². The van der Waals surface area contributed by atoms with Gasteiger partial charge < -0.3 is 20.1 Å². The van der Waals surface area contributed by atoms with Crippen molar-refractivity contribution in [3.63, 3.8) is 0 Å². The fraction of sp³-hybridized carbons (Fsp3) is 0.536. The largest absolute Gasteiger partial charge is 0.368 e. The van der Waals surface area contributed by atoms with Crippen LogP contribution in [0.1, 0.15) is 80.6 Å². The summed E-state index contributed by atoms with van der Waals surface area (Å²) in [6.45, 7) is 2.32. The van der Waals surface area contributed by atoms with Gasteiger partial charge in [0.2, 0.25) is 5.91 Å². The number of nitrogens with zero attached hydrogens (tertiary/aromatic N) is 5. The molecule has 9 heteroatoms. The van der Waals surface area contributed by atoms with Gasteiger partial charge in [-0.2, -0.15) is 0 Å². The lowest BCUT2D eigenvalue weighted by atomic mass is 9.95. The zero-order chi connectivity index (χ0) is 25.2. The lowest BCUT2D eigenvalue weighted by molar-refractivity contribution is -0.127. The van der Waals surface area contributed by atoms with Crippen LogP contribution in [0.4, 0.5) is 5.82 Å². The van der Waals surface area contributed by atoms with Gasteiger partial charge in [-0.1, -0.05) is 31.4 Å². The maximum absolute atomic E-state index is 12.4. The van der Waals surface area contributed by atoms with Crippen molar-refractivity contribution < 1.29 is 9.59 Å². The molecule has 3 heterocycles. The number of amides is 2. The Morgan fingerprint density at radius 2 is 1.81 bits per heavy atom. The topological polar surface area (TPSA) is 105 Å². The number of benzene rings is 1. The maximum Gasteiger partial charge on any atom is 0.251 e. The lowest BCUT2D eigenvalue weighted by Crippen LogP contribution is -2.27. The van der Waals surface area contributed by atoms with E-state index in [-0.39, 0.29) is 11.8 Å². The minimum Gasteiger partial charge on any atom is -0.368 e. The summed E-state index contributed by atoms with van der Waals surface area (Å²) in [7, 11) is 0. The van der Waals surface area contributed by atoms with E-state index in [4.69, 9.17) is 15.0 Å². The van der Waals surface area contributed by atoms with Crippen molar-refractivity contribution in [2.75, 3.05) is 25.0 Å². The number of rotatable bonds is 9. The van der Waals surface area contributed by atoms with Gasteiger partial charge in [0, 0.05) is 49.3 Å². The number of carbonyl (C=O) groups excluding carboxylic acids is 2. The molecule has 0 spiro atoms. The van der Waals surface area contributed by atoms with Gasteiger partial charge in [-0.05, 0) is 50.7 Å². The average molecular weight is 502 g/mol. The Labute approximate surface area is 217 Å². The molecule has 2 aliphatic carbocycles. The molecule has 3 aliphatic rings. The molecule has 0 radical (unpaired) electrons. The molecule has 37 heavy (non-hydrogen) atoms. The smallest absolute Gasteiger partial charge is 0.251 e. The third-order valence-electron chi connectivity index (χ3n) is 7.78. The SMILES string of the molecule is O=C(NC1CC1)c1ccc(-c2nc(NCCCN3CCCC3=O)c3ncn(C4CCCCC4)c3n2)cc1. The van der Waals surface area contributed by atoms with Crippen LogP contribution < -0.4 is 10.6 Å². The monoisotopic (exact) mass is 501 g/mol. The standard InChI is InChI=1S/C28H35N7O2/c36-23-8-4-16-34(23)17-5-15-29-26-24-27(35(18-30-24)22-6-2-1-3-7-22)33-25(32-26)19-9-11-20(12-10-19)28(37)31-21-13-14-21/h9-12,18,21-22H,1-8,13-17H2,(H,31,37)(H,29,32,33). The third kappa shape index (κ3) is 5.31. The first-order valence-electron chi connectivity index (χ1n) is 13.8. The van der Waals surface area contributed by atoms with Gasteiger partial charge in [-0.25, -0.2) is 15.0 Å². The predicted octanol–water partition coefficient (Wildman–Crippen LogP) is 4.32. The van der Waals surface area contributed by atoms with Crippen LogP contribution in [0.2, 0.25) is 0 Å². The van der Waals surface area contributed by atoms with Gasteiger partial charge in [-0.15, -0.1) is 0 Å². The first-order chi connectivity index (χ1) is 18.2. The van der Waals surface area contributed by atoms with Gasteiger partial charge in [0.15, 0.2) is 17.3 Å². The molecule has 3 fully saturated rings. The van der Waals surface area contributed by atoms with E-state index in [1.165, 1.54) is 19.3 Å². The number of aromatic nitrogens is 4. The summed E-state index contributed by atoms with van der Waals surface area (Å²) in [4.78, 5) is 40.9. The number of fused-ring (bicyclic) bond motifs is 1. The van der Waals surface area contributed by atoms with Crippen molar-refractivity contribution in [1.82, 2.24) is 29.7 Å². The Bertz CT molecular complexity index is 1280. The zero-order valence-corrected chi connectivity index (χ0v) is 21.3. The van der Waals surface area contributed by atoms with Crippen molar-refractivity contribution in [3.05, 3.63) is 36.2 Å². The summed E-state index contributed by atoms with van der Waals surface area (Å²) in [5.41, 5.74) is 3.16. The second-order valence-electron chi connectivity index (χ2n) is 10.6. The second kappa shape index (κ2) is 10.5. The summed E-state index contributed by atoms with van der Waals surface area (Å²) < 4.78 is 2.23. The molecule has 2 amide bonds. The molecule has 9 nitrogen and oxygen atoms in total. The highest BCUT2D eigenvalue weighted by Gasteiger charge is 2.24. The Balaban J connectivity index is 1.26. The van der Waals surface area contributed by atoms with Crippen molar-refractivity contribution in [1.29, 1.82) is 0 Å². The Morgan fingerprint density at radius 3 is 2.54 bits per heavy atom. The van der Waals surface area contributed by atoms with E-state index in [9.17, 15) is 9.59 Å². The summed E-state index contributed by atoms with van der Waals surface area (Å²) >= 11 is 0. The second-order valence-corrected chi connectivity index (χ2v) is 10.6. The summed E-state index contributed by atoms with van der Waals surface area (Å²) in [5, 5.41) is 6.52. The van der Waals surface area contributed by atoms with Crippen LogP contribution in [-0.4, -0.2) is 61.9 Å². The summed E-state index contributed by atoms with van der Waals surface area (Å²) in [5.74, 6) is 1.57. The van der Waals surface area contributed by atoms with E-state index >= 15 is 0 Å². The Hall–Kier alpha value is -3.49. The number of anilines is 1. The van der Waals surface area contributed by atoms with Gasteiger partial charge in [0.05, 0.1) is 6.33 Å². The fourth-order valence-electron chi connectivity index (χ4n) is 5.48. The minimum atomic E-state index is -0.0281. The first-order valence-corrected chi connectivity index (χ1v) is 13.8. The molecule has 1 aliphatic heterocycles. The number of imidazole rings is 1. The van der Waals surface area contributed by atoms with Gasteiger partial charge in [0.25, 0.3) is 5.91 Å². The van der Waals surface area contributed by atoms with Crippen molar-refractivity contribution in [2.24, 2.45) is 0 Å². The molecule has 0 bridgehead atoms. The first kappa shape index (κ1) is 23.9. The number of hydrogen-bond acceptors (Lipinski definition) is 6. The van der Waals surface area contributed by atoms with Crippen molar-refractivity contribution >= 4 is 28.8 Å². The third-order valence-corrected chi connectivity index (χ3v) is 7.78. The van der Waals surface area contributed by atoms with Crippen LogP contribution >= 0.6 is 0 Å². The molecule has 0 unspecified atom stereocenters. The van der Waals surface area contributed by atoms with E-state index in [2.05, 4.69) is 15.2 Å². The van der Waals surface area contributed by atoms with Crippen LogP contribution in [-0.2, 0) is 4.79 Å². The minimum absolute atomic E-state index is 0.0281. The molecule has 2 N–H and O–H groups in total. The summed E-state index contributed by atoms with van der Waals surface area (Å²) in [6.07, 6.45) is 12.6. The highest BCUT2D eigenvalue weighted by Crippen LogP contribution is 2.32. The van der Waals surface area contributed by atoms with Crippen LogP contribution in [0.3, 0.4) is 0 Å². The normalized spacial score (nSPS) is 18.5. The quantitative estimate of drug-likeness (QED) is 0.423. The predicted molar refractivity (Wildman–Crippen MR) is 142 cm³/mol. The molecule has 6 rings (SSSR count). The number of carbonyl (C=O) groups is 2. The van der Waals surface area contributed by atoms with E-state index in [0.29, 0.717) is 36.4 Å². The fourth-order valence-corrected chi connectivity index (χ4v) is 5.48. The van der Waals surface area contributed by atoms with Crippen LogP contribution in [0.5, 0.6) is 0 Å². The highest BCUT2D eigenvalue weighted by molar-refractivity contribution is 5.95. The molecule has 2 saturated carbocycles. The molecule has 0 atom stereocenters. The van der Waals surface area contributed by atoms with Crippen molar-refractivity contribution in [3.8, 4) is 11.4 Å². The van der Waals surface area contributed by atoms with Gasteiger partial charge in [-0.3, -0.25) is 9.59 Å². The molecule has 3 aromatic rings. The molecule has 194 valence electrons. The van der Waals surface area contributed by atoms with E-state index in [1.807, 2.05) is 35.5 Å². The molecule has 1 saturated heterocycles. The Morgan fingerprint density at radius 1 is 1.00 bits per heavy atom. The van der Waals surface area contributed by atoms with Gasteiger partial charge in [0.1, 0.15) is 5.52 Å². The van der Waals surface area contributed by atoms with Crippen molar-refractivity contribution in [2.45, 2.75) is 76.3 Å². The highest BCUT2D eigenvalue weighted by atomic mass is 16.2. The maximum atomic E-state index is 12.4. The molecular weight excluding hydrogens is 466 g/mol. The number of hydrogen-bond donors (Lipinski definition) is 2. The molecular formula is C28H35N7O2. The summed E-state index contributed by atoms with van der Waals surface area (Å²) in [6, 6.07) is 8.28. The zero-order valence-electron chi connectivity index (χ0n) is 21.3. The lowest BCUT2D eigenvalue weighted by Gasteiger charge is -2.23. The van der Waals surface area contributed by atoms with Crippen LogP contribution in [0.15, 0.2) is 30.6 Å². The molecule has 1 aromatic carbocycles. The van der Waals surface area contributed by atoms with Crippen LogP contribution in [0, 0.1) is 0 Å². The number of nitrogens with one attached hydrogen (secondary N) is 2. The number of likely N-dealkylation sites (tertiary alicyclic amines) is 1.